The SMILES string of the molecule is O=C(O)CC1(N2CCCCCC2=O)CCCCC1. The van der Waals surface area contributed by atoms with Crippen LogP contribution in [0, 0.1) is 0 Å². The molecule has 2 fully saturated rings. The van der Waals surface area contributed by atoms with Gasteiger partial charge in [-0.05, 0) is 25.7 Å². The zero-order chi connectivity index (χ0) is 13.0. The second-order valence-electron chi connectivity index (χ2n) is 5.71. The standard InChI is InChI=1S/C14H23NO3/c16-12-7-3-1-6-10-15(12)14(11-13(17)18)8-4-2-5-9-14/h1-11H2,(H,17,18). The van der Waals surface area contributed by atoms with Crippen LogP contribution in [0.1, 0.15) is 64.2 Å². The topological polar surface area (TPSA) is 57.6 Å². The molecule has 1 amide bonds. The molecular weight excluding hydrogens is 230 g/mol. The van der Waals surface area contributed by atoms with Crippen LogP contribution in [-0.2, 0) is 9.59 Å². The van der Waals surface area contributed by atoms with Crippen LogP contribution < -0.4 is 0 Å². The highest BCUT2D eigenvalue weighted by Crippen LogP contribution is 2.38. The van der Waals surface area contributed by atoms with Gasteiger partial charge in [0, 0.05) is 13.0 Å². The van der Waals surface area contributed by atoms with Crippen LogP contribution in [0.4, 0.5) is 0 Å². The molecule has 1 heterocycles. The quantitative estimate of drug-likeness (QED) is 0.841. The van der Waals surface area contributed by atoms with E-state index in [2.05, 4.69) is 0 Å². The van der Waals surface area contributed by atoms with Crippen molar-refractivity contribution in [1.29, 1.82) is 0 Å². The van der Waals surface area contributed by atoms with Crippen LogP contribution in [0.2, 0.25) is 0 Å². The molecule has 2 rings (SSSR count). The zero-order valence-corrected chi connectivity index (χ0v) is 11.0. The number of nitrogens with zero attached hydrogens (tertiary/aromatic N) is 1. The normalized spacial score (nSPS) is 24.7. The third kappa shape index (κ3) is 2.85. The lowest BCUT2D eigenvalue weighted by Gasteiger charge is -2.45. The van der Waals surface area contributed by atoms with Crippen LogP contribution in [0.5, 0.6) is 0 Å². The van der Waals surface area contributed by atoms with Crippen molar-refractivity contribution in [2.45, 2.75) is 69.7 Å². The Morgan fingerprint density at radius 3 is 2.44 bits per heavy atom. The summed E-state index contributed by atoms with van der Waals surface area (Å²) in [7, 11) is 0. The van der Waals surface area contributed by atoms with Gasteiger partial charge in [-0.3, -0.25) is 9.59 Å². The van der Waals surface area contributed by atoms with E-state index >= 15 is 0 Å². The fraction of sp³-hybridized carbons (Fsp3) is 0.857. The summed E-state index contributed by atoms with van der Waals surface area (Å²) in [5, 5.41) is 9.18. The van der Waals surface area contributed by atoms with Crippen molar-refractivity contribution in [1.82, 2.24) is 4.90 Å². The van der Waals surface area contributed by atoms with Gasteiger partial charge in [-0.2, -0.15) is 0 Å². The molecule has 4 heteroatoms. The minimum atomic E-state index is -0.769. The van der Waals surface area contributed by atoms with Crippen molar-refractivity contribution in [2.75, 3.05) is 6.54 Å². The fourth-order valence-corrected chi connectivity index (χ4v) is 3.52. The van der Waals surface area contributed by atoms with E-state index in [1.54, 1.807) is 0 Å². The third-order valence-electron chi connectivity index (χ3n) is 4.41. The third-order valence-corrected chi connectivity index (χ3v) is 4.41. The van der Waals surface area contributed by atoms with E-state index < -0.39 is 5.97 Å². The second-order valence-corrected chi connectivity index (χ2v) is 5.71. The maximum absolute atomic E-state index is 12.2. The number of carbonyl (C=O) groups excluding carboxylic acids is 1. The van der Waals surface area contributed by atoms with Gasteiger partial charge >= 0.3 is 5.97 Å². The smallest absolute Gasteiger partial charge is 0.305 e. The lowest BCUT2D eigenvalue weighted by Crippen LogP contribution is -2.54. The Bertz CT molecular complexity index is 321. The molecule has 0 spiro atoms. The average molecular weight is 253 g/mol. The monoisotopic (exact) mass is 253 g/mol. The van der Waals surface area contributed by atoms with Crippen molar-refractivity contribution in [2.24, 2.45) is 0 Å². The van der Waals surface area contributed by atoms with E-state index in [0.717, 1.165) is 51.5 Å². The Kier molecular flexibility index (Phi) is 4.25. The summed E-state index contributed by atoms with van der Waals surface area (Å²) in [6.07, 6.45) is 8.80. The largest absolute Gasteiger partial charge is 0.481 e. The van der Waals surface area contributed by atoms with Crippen LogP contribution in [0.25, 0.3) is 0 Å². The summed E-state index contributed by atoms with van der Waals surface area (Å²) >= 11 is 0. The second kappa shape index (κ2) is 5.72. The molecule has 1 saturated carbocycles. The maximum Gasteiger partial charge on any atom is 0.305 e. The molecule has 18 heavy (non-hydrogen) atoms. The first-order chi connectivity index (χ1) is 8.64. The van der Waals surface area contributed by atoms with Crippen LogP contribution in [-0.4, -0.2) is 34.0 Å². The highest BCUT2D eigenvalue weighted by atomic mass is 16.4. The predicted molar refractivity (Wildman–Crippen MR) is 68.2 cm³/mol. The van der Waals surface area contributed by atoms with Gasteiger partial charge < -0.3 is 10.0 Å². The van der Waals surface area contributed by atoms with E-state index in [1.807, 2.05) is 4.90 Å². The lowest BCUT2D eigenvalue weighted by atomic mass is 9.77. The predicted octanol–water partition coefficient (Wildman–Crippen LogP) is 2.57. The average Bonchev–Trinajstić information content (AvgIpc) is 2.54. The molecule has 0 radical (unpaired) electrons. The van der Waals surface area contributed by atoms with Gasteiger partial charge in [-0.15, -0.1) is 0 Å². The Labute approximate surface area is 108 Å². The van der Waals surface area contributed by atoms with Gasteiger partial charge in [0.1, 0.15) is 0 Å². The highest BCUT2D eigenvalue weighted by Gasteiger charge is 2.42. The molecule has 2 aliphatic rings. The molecule has 1 saturated heterocycles. The number of hydrogen-bond donors (Lipinski definition) is 1. The minimum Gasteiger partial charge on any atom is -0.481 e. The molecule has 0 unspecified atom stereocenters. The number of hydrogen-bond acceptors (Lipinski definition) is 2. The van der Waals surface area contributed by atoms with E-state index in [9.17, 15) is 14.7 Å². The van der Waals surface area contributed by atoms with Gasteiger partial charge in [0.05, 0.1) is 12.0 Å². The number of carboxylic acid groups (broad SMARTS) is 1. The van der Waals surface area contributed by atoms with E-state index in [-0.39, 0.29) is 17.9 Å². The number of aliphatic carboxylic acids is 1. The molecular formula is C14H23NO3. The van der Waals surface area contributed by atoms with Crippen molar-refractivity contribution < 1.29 is 14.7 Å². The Balaban J connectivity index is 2.20. The molecule has 1 aliphatic carbocycles. The van der Waals surface area contributed by atoms with Gasteiger partial charge in [0.15, 0.2) is 0 Å². The number of amides is 1. The van der Waals surface area contributed by atoms with Gasteiger partial charge in [0.2, 0.25) is 5.91 Å². The lowest BCUT2D eigenvalue weighted by molar-refractivity contribution is -0.147. The van der Waals surface area contributed by atoms with E-state index in [4.69, 9.17) is 0 Å². The molecule has 0 aromatic carbocycles. The zero-order valence-electron chi connectivity index (χ0n) is 11.0. The highest BCUT2D eigenvalue weighted by molar-refractivity contribution is 5.78. The van der Waals surface area contributed by atoms with E-state index in [1.165, 1.54) is 6.42 Å². The first-order valence-corrected chi connectivity index (χ1v) is 7.16. The van der Waals surface area contributed by atoms with Gasteiger partial charge in [0.25, 0.3) is 0 Å². The molecule has 102 valence electrons. The van der Waals surface area contributed by atoms with Crippen molar-refractivity contribution in [3.8, 4) is 0 Å². The molecule has 0 aromatic heterocycles. The molecule has 0 atom stereocenters. The first kappa shape index (κ1) is 13.4. The van der Waals surface area contributed by atoms with Crippen molar-refractivity contribution in [3.63, 3.8) is 0 Å². The number of carboxylic acids is 1. The van der Waals surface area contributed by atoms with Crippen LogP contribution >= 0.6 is 0 Å². The summed E-state index contributed by atoms with van der Waals surface area (Å²) in [4.78, 5) is 25.3. The molecule has 1 N–H and O–H groups in total. The Morgan fingerprint density at radius 2 is 1.78 bits per heavy atom. The fourth-order valence-electron chi connectivity index (χ4n) is 3.52. The summed E-state index contributed by atoms with van der Waals surface area (Å²) in [5.41, 5.74) is -0.383. The van der Waals surface area contributed by atoms with E-state index in [0.29, 0.717) is 6.42 Å². The molecule has 1 aliphatic heterocycles. The summed E-state index contributed by atoms with van der Waals surface area (Å²) < 4.78 is 0. The molecule has 4 nitrogen and oxygen atoms in total. The van der Waals surface area contributed by atoms with Gasteiger partial charge in [-0.25, -0.2) is 0 Å². The van der Waals surface area contributed by atoms with Crippen LogP contribution in [0.15, 0.2) is 0 Å². The summed E-state index contributed by atoms with van der Waals surface area (Å²) in [6, 6.07) is 0. The summed E-state index contributed by atoms with van der Waals surface area (Å²) in [5.74, 6) is -0.593. The van der Waals surface area contributed by atoms with Crippen molar-refractivity contribution in [3.05, 3.63) is 0 Å². The van der Waals surface area contributed by atoms with Gasteiger partial charge in [-0.1, -0.05) is 25.7 Å². The number of carbonyl (C=O) groups is 2. The number of rotatable bonds is 3. The minimum absolute atomic E-state index is 0.124. The maximum atomic E-state index is 12.2. The number of likely N-dealkylation sites (tertiary alicyclic amines) is 1. The van der Waals surface area contributed by atoms with Crippen molar-refractivity contribution >= 4 is 11.9 Å². The van der Waals surface area contributed by atoms with Crippen LogP contribution in [0.3, 0.4) is 0 Å². The Morgan fingerprint density at radius 1 is 1.11 bits per heavy atom. The first-order valence-electron chi connectivity index (χ1n) is 7.16. The Hall–Kier alpha value is -1.06. The summed E-state index contributed by atoms with van der Waals surface area (Å²) in [6.45, 7) is 0.756. The molecule has 0 aromatic rings. The molecule has 0 bridgehead atoms.